The quantitative estimate of drug-likeness (QED) is 0.728. The van der Waals surface area contributed by atoms with E-state index in [4.69, 9.17) is 0 Å². The molecule has 1 aliphatic heterocycles. The highest BCUT2D eigenvalue weighted by Gasteiger charge is 2.24. The van der Waals surface area contributed by atoms with Gasteiger partial charge in [-0.25, -0.2) is 9.97 Å². The largest absolute Gasteiger partial charge is 0.340 e. The van der Waals surface area contributed by atoms with Crippen molar-refractivity contribution in [3.8, 4) is 0 Å². The summed E-state index contributed by atoms with van der Waals surface area (Å²) in [5.41, 5.74) is 5.62. The summed E-state index contributed by atoms with van der Waals surface area (Å²) < 4.78 is 0. The molecule has 3 heterocycles. The second-order valence-corrected chi connectivity index (χ2v) is 4.76. The van der Waals surface area contributed by atoms with Gasteiger partial charge in [-0.2, -0.15) is 0 Å². The minimum atomic E-state index is 0.578. The number of aromatic nitrogens is 3. The molecule has 0 radical (unpaired) electrons. The van der Waals surface area contributed by atoms with E-state index in [-0.39, 0.29) is 0 Å². The smallest absolute Gasteiger partial charge is 0.156 e. The van der Waals surface area contributed by atoms with Gasteiger partial charge in [0, 0.05) is 23.8 Å². The summed E-state index contributed by atoms with van der Waals surface area (Å²) in [5.74, 6) is 0. The fourth-order valence-corrected chi connectivity index (χ4v) is 2.35. The molecule has 1 atom stereocenters. The Bertz CT molecular complexity index is 543. The SMILES string of the molecule is Cc1cnc2[nH]c3c(c2n1)C[C@@H](C)N(C)C3. The second kappa shape index (κ2) is 3.28. The van der Waals surface area contributed by atoms with Crippen LogP contribution in [-0.2, 0) is 13.0 Å². The molecular formula is C12H16N4. The second-order valence-electron chi connectivity index (χ2n) is 4.76. The van der Waals surface area contributed by atoms with Gasteiger partial charge in [-0.15, -0.1) is 0 Å². The molecule has 16 heavy (non-hydrogen) atoms. The highest BCUT2D eigenvalue weighted by Crippen LogP contribution is 2.27. The van der Waals surface area contributed by atoms with Crippen molar-refractivity contribution < 1.29 is 0 Å². The van der Waals surface area contributed by atoms with Crippen molar-refractivity contribution in [2.75, 3.05) is 7.05 Å². The first kappa shape index (κ1) is 9.78. The number of fused-ring (bicyclic) bond motifs is 3. The molecule has 1 N–H and O–H groups in total. The van der Waals surface area contributed by atoms with Gasteiger partial charge in [0.15, 0.2) is 5.65 Å². The maximum atomic E-state index is 4.60. The van der Waals surface area contributed by atoms with Crippen LogP contribution in [0.2, 0.25) is 0 Å². The van der Waals surface area contributed by atoms with E-state index < -0.39 is 0 Å². The van der Waals surface area contributed by atoms with Crippen LogP contribution in [0, 0.1) is 6.92 Å². The van der Waals surface area contributed by atoms with Crippen LogP contribution in [0.1, 0.15) is 23.9 Å². The van der Waals surface area contributed by atoms with Crippen LogP contribution in [0.5, 0.6) is 0 Å². The lowest BCUT2D eigenvalue weighted by molar-refractivity contribution is 0.229. The third kappa shape index (κ3) is 1.33. The average Bonchev–Trinajstić information content (AvgIpc) is 2.57. The van der Waals surface area contributed by atoms with Gasteiger partial charge < -0.3 is 4.98 Å². The molecule has 3 rings (SSSR count). The number of aryl methyl sites for hydroxylation is 1. The minimum Gasteiger partial charge on any atom is -0.340 e. The number of likely N-dealkylation sites (N-methyl/N-ethyl adjacent to an activating group) is 1. The van der Waals surface area contributed by atoms with E-state index in [9.17, 15) is 0 Å². The van der Waals surface area contributed by atoms with Crippen LogP contribution < -0.4 is 0 Å². The number of rotatable bonds is 0. The molecule has 1 aliphatic rings. The number of aromatic amines is 1. The summed E-state index contributed by atoms with van der Waals surface area (Å²) in [6.45, 7) is 5.21. The van der Waals surface area contributed by atoms with Crippen LogP contribution in [-0.4, -0.2) is 32.9 Å². The first-order chi connectivity index (χ1) is 7.65. The zero-order valence-corrected chi connectivity index (χ0v) is 9.91. The first-order valence-electron chi connectivity index (χ1n) is 5.68. The first-order valence-corrected chi connectivity index (χ1v) is 5.68. The summed E-state index contributed by atoms with van der Waals surface area (Å²) >= 11 is 0. The third-order valence-corrected chi connectivity index (χ3v) is 3.47. The maximum absolute atomic E-state index is 4.60. The molecule has 4 heteroatoms. The predicted molar refractivity (Wildman–Crippen MR) is 63.3 cm³/mol. The number of hydrogen-bond donors (Lipinski definition) is 1. The molecule has 0 amide bonds. The highest BCUT2D eigenvalue weighted by atomic mass is 15.1. The van der Waals surface area contributed by atoms with Crippen LogP contribution in [0.3, 0.4) is 0 Å². The summed E-state index contributed by atoms with van der Waals surface area (Å²) in [6, 6.07) is 0.578. The lowest BCUT2D eigenvalue weighted by Gasteiger charge is -2.29. The summed E-state index contributed by atoms with van der Waals surface area (Å²) in [7, 11) is 2.16. The van der Waals surface area contributed by atoms with E-state index in [0.29, 0.717) is 6.04 Å². The van der Waals surface area contributed by atoms with Crippen molar-refractivity contribution in [1.82, 2.24) is 19.9 Å². The van der Waals surface area contributed by atoms with Crippen molar-refractivity contribution in [1.29, 1.82) is 0 Å². The molecule has 0 spiro atoms. The number of hydrogen-bond acceptors (Lipinski definition) is 3. The lowest BCUT2D eigenvalue weighted by atomic mass is 10.0. The topological polar surface area (TPSA) is 44.8 Å². The van der Waals surface area contributed by atoms with E-state index in [0.717, 1.165) is 29.8 Å². The third-order valence-electron chi connectivity index (χ3n) is 3.47. The Morgan fingerprint density at radius 1 is 1.50 bits per heavy atom. The maximum Gasteiger partial charge on any atom is 0.156 e. The molecule has 0 saturated carbocycles. The van der Waals surface area contributed by atoms with Gasteiger partial charge in [0.2, 0.25) is 0 Å². The van der Waals surface area contributed by atoms with E-state index in [1.54, 1.807) is 0 Å². The average molecular weight is 216 g/mol. The van der Waals surface area contributed by atoms with Crippen molar-refractivity contribution in [2.45, 2.75) is 32.9 Å². The minimum absolute atomic E-state index is 0.578. The van der Waals surface area contributed by atoms with E-state index in [1.165, 1.54) is 11.3 Å². The van der Waals surface area contributed by atoms with Gasteiger partial charge in [-0.1, -0.05) is 0 Å². The van der Waals surface area contributed by atoms with E-state index in [1.807, 2.05) is 13.1 Å². The zero-order valence-electron chi connectivity index (χ0n) is 9.91. The van der Waals surface area contributed by atoms with Gasteiger partial charge in [-0.05, 0) is 27.3 Å². The van der Waals surface area contributed by atoms with Crippen LogP contribution in [0.15, 0.2) is 6.20 Å². The van der Waals surface area contributed by atoms with Crippen molar-refractivity contribution in [3.63, 3.8) is 0 Å². The Balaban J connectivity index is 2.21. The normalized spacial score (nSPS) is 21.3. The van der Waals surface area contributed by atoms with Crippen molar-refractivity contribution >= 4 is 11.2 Å². The fraction of sp³-hybridized carbons (Fsp3) is 0.500. The Kier molecular flexibility index (Phi) is 2.01. The van der Waals surface area contributed by atoms with Gasteiger partial charge >= 0.3 is 0 Å². The molecule has 2 aromatic heterocycles. The summed E-state index contributed by atoms with van der Waals surface area (Å²) in [4.78, 5) is 14.7. The molecule has 0 aliphatic carbocycles. The fourth-order valence-electron chi connectivity index (χ4n) is 2.35. The van der Waals surface area contributed by atoms with Crippen molar-refractivity contribution in [3.05, 3.63) is 23.1 Å². The molecule has 0 aromatic carbocycles. The monoisotopic (exact) mass is 216 g/mol. The Morgan fingerprint density at radius 3 is 3.12 bits per heavy atom. The Morgan fingerprint density at radius 2 is 2.31 bits per heavy atom. The Hall–Kier alpha value is -1.42. The zero-order chi connectivity index (χ0) is 11.3. The van der Waals surface area contributed by atoms with Crippen LogP contribution in [0.25, 0.3) is 11.2 Å². The molecule has 4 nitrogen and oxygen atoms in total. The van der Waals surface area contributed by atoms with Crippen LogP contribution in [0.4, 0.5) is 0 Å². The molecule has 0 unspecified atom stereocenters. The number of H-pyrrole nitrogens is 1. The van der Waals surface area contributed by atoms with Crippen LogP contribution >= 0.6 is 0 Å². The molecular weight excluding hydrogens is 200 g/mol. The van der Waals surface area contributed by atoms with Gasteiger partial charge in [-0.3, -0.25) is 4.90 Å². The highest BCUT2D eigenvalue weighted by molar-refractivity contribution is 5.77. The molecule has 2 aromatic rings. The number of nitrogens with one attached hydrogen (secondary N) is 1. The summed E-state index contributed by atoms with van der Waals surface area (Å²) in [6.07, 6.45) is 2.88. The lowest BCUT2D eigenvalue weighted by Crippen LogP contribution is -2.34. The van der Waals surface area contributed by atoms with Gasteiger partial charge in [0.05, 0.1) is 11.9 Å². The van der Waals surface area contributed by atoms with Gasteiger partial charge in [0.25, 0.3) is 0 Å². The van der Waals surface area contributed by atoms with E-state index in [2.05, 4.69) is 33.8 Å². The van der Waals surface area contributed by atoms with E-state index >= 15 is 0 Å². The van der Waals surface area contributed by atoms with Crippen molar-refractivity contribution in [2.24, 2.45) is 0 Å². The predicted octanol–water partition coefficient (Wildman–Crippen LogP) is 1.64. The van der Waals surface area contributed by atoms with Gasteiger partial charge in [0.1, 0.15) is 5.52 Å². The standard InChI is InChI=1S/C12H16N4/c1-7-5-13-12-11(14-7)9-4-8(2)16(3)6-10(9)15-12/h5,8H,4,6H2,1-3H3,(H,13,15)/t8-/m1/s1. The summed E-state index contributed by atoms with van der Waals surface area (Å²) in [5, 5.41) is 0. The molecule has 84 valence electrons. The number of nitrogens with zero attached hydrogens (tertiary/aromatic N) is 3. The molecule has 0 fully saturated rings. The Labute approximate surface area is 94.7 Å². The molecule has 0 saturated heterocycles. The molecule has 0 bridgehead atoms.